The van der Waals surface area contributed by atoms with E-state index in [4.69, 9.17) is 0 Å². The molecule has 1 nitrogen and oxygen atoms in total. The third-order valence-electron chi connectivity index (χ3n) is 2.13. The standard InChI is InChI=1S/C13H15FO/c1-2-3-4-5-10-13(15)11-8-6-7-9-12(11)14/h5-10H,2-4H2,1H3/b10-5+. The molecule has 80 valence electrons. The quantitative estimate of drug-likeness (QED) is 0.407. The van der Waals surface area contributed by atoms with Crippen LogP contribution in [-0.2, 0) is 0 Å². The zero-order chi connectivity index (χ0) is 11.1. The Morgan fingerprint density at radius 1 is 1.40 bits per heavy atom. The predicted octanol–water partition coefficient (Wildman–Crippen LogP) is 3.75. The summed E-state index contributed by atoms with van der Waals surface area (Å²) in [5, 5.41) is 0. The zero-order valence-electron chi connectivity index (χ0n) is 8.87. The van der Waals surface area contributed by atoms with Gasteiger partial charge in [-0.15, -0.1) is 0 Å². The molecule has 0 amide bonds. The van der Waals surface area contributed by atoms with Gasteiger partial charge in [0.2, 0.25) is 0 Å². The molecule has 1 aromatic carbocycles. The molecule has 0 heterocycles. The molecule has 15 heavy (non-hydrogen) atoms. The van der Waals surface area contributed by atoms with Gasteiger partial charge in [0.15, 0.2) is 5.78 Å². The number of halogens is 1. The molecule has 0 spiro atoms. The highest BCUT2D eigenvalue weighted by Crippen LogP contribution is 2.08. The van der Waals surface area contributed by atoms with E-state index in [1.807, 2.05) is 0 Å². The van der Waals surface area contributed by atoms with Crippen LogP contribution in [0, 0.1) is 5.82 Å². The van der Waals surface area contributed by atoms with Crippen LogP contribution >= 0.6 is 0 Å². The van der Waals surface area contributed by atoms with Crippen LogP contribution in [0.15, 0.2) is 36.4 Å². The normalized spacial score (nSPS) is 10.8. The van der Waals surface area contributed by atoms with Crippen molar-refractivity contribution in [1.82, 2.24) is 0 Å². The van der Waals surface area contributed by atoms with Gasteiger partial charge < -0.3 is 0 Å². The van der Waals surface area contributed by atoms with Crippen LogP contribution in [-0.4, -0.2) is 5.78 Å². The number of carbonyl (C=O) groups excluding carboxylic acids is 1. The van der Waals surface area contributed by atoms with Gasteiger partial charge in [-0.2, -0.15) is 0 Å². The summed E-state index contributed by atoms with van der Waals surface area (Å²) in [6, 6.07) is 6.04. The van der Waals surface area contributed by atoms with Crippen molar-refractivity contribution in [2.45, 2.75) is 26.2 Å². The van der Waals surface area contributed by atoms with E-state index in [0.29, 0.717) is 0 Å². The number of rotatable bonds is 5. The summed E-state index contributed by atoms with van der Waals surface area (Å²) in [6.45, 7) is 2.09. The van der Waals surface area contributed by atoms with E-state index in [9.17, 15) is 9.18 Å². The SMILES string of the molecule is CCCC/C=C/C(=O)c1ccccc1F. The summed E-state index contributed by atoms with van der Waals surface area (Å²) in [4.78, 5) is 11.5. The molecule has 1 aromatic rings. The number of unbranched alkanes of at least 4 members (excludes halogenated alkanes) is 2. The lowest BCUT2D eigenvalue weighted by molar-refractivity contribution is 0.104. The fraction of sp³-hybridized carbons (Fsp3) is 0.308. The largest absolute Gasteiger partial charge is 0.289 e. The molecule has 0 saturated heterocycles. The van der Waals surface area contributed by atoms with Gasteiger partial charge >= 0.3 is 0 Å². The molecule has 0 aliphatic rings. The second-order valence-electron chi connectivity index (χ2n) is 3.39. The zero-order valence-corrected chi connectivity index (χ0v) is 8.87. The summed E-state index contributed by atoms with van der Waals surface area (Å²) in [5.74, 6) is -0.716. The average molecular weight is 206 g/mol. The van der Waals surface area contributed by atoms with Gasteiger partial charge in [0, 0.05) is 0 Å². The van der Waals surface area contributed by atoms with E-state index < -0.39 is 5.82 Å². The van der Waals surface area contributed by atoms with Gasteiger partial charge in [0.05, 0.1) is 5.56 Å². The highest BCUT2D eigenvalue weighted by molar-refractivity contribution is 6.04. The molecule has 1 rings (SSSR count). The van der Waals surface area contributed by atoms with Crippen molar-refractivity contribution in [3.05, 3.63) is 47.8 Å². The number of benzene rings is 1. The molecule has 0 fully saturated rings. The lowest BCUT2D eigenvalue weighted by atomic mass is 10.1. The van der Waals surface area contributed by atoms with Crippen LogP contribution in [0.1, 0.15) is 36.5 Å². The molecule has 0 unspecified atom stereocenters. The van der Waals surface area contributed by atoms with Gasteiger partial charge in [0.1, 0.15) is 5.82 Å². The first-order chi connectivity index (χ1) is 7.25. The van der Waals surface area contributed by atoms with Crippen LogP contribution in [0.4, 0.5) is 4.39 Å². The van der Waals surface area contributed by atoms with Crippen LogP contribution in [0.5, 0.6) is 0 Å². The maximum absolute atomic E-state index is 13.2. The minimum absolute atomic E-state index is 0.144. The van der Waals surface area contributed by atoms with E-state index >= 15 is 0 Å². The molecule has 0 saturated carbocycles. The maximum atomic E-state index is 13.2. The van der Waals surface area contributed by atoms with E-state index in [1.165, 1.54) is 18.2 Å². The average Bonchev–Trinajstić information content (AvgIpc) is 2.25. The molecular formula is C13H15FO. The highest BCUT2D eigenvalue weighted by atomic mass is 19.1. The van der Waals surface area contributed by atoms with Crippen molar-refractivity contribution >= 4 is 5.78 Å². The van der Waals surface area contributed by atoms with Crippen molar-refractivity contribution in [2.75, 3.05) is 0 Å². The Morgan fingerprint density at radius 3 is 2.80 bits per heavy atom. The number of carbonyl (C=O) groups is 1. The molecule has 0 N–H and O–H groups in total. The third kappa shape index (κ3) is 3.66. The Balaban J connectivity index is 2.61. The Hall–Kier alpha value is -1.44. The topological polar surface area (TPSA) is 17.1 Å². The third-order valence-corrected chi connectivity index (χ3v) is 2.13. The summed E-state index contributed by atoms with van der Waals surface area (Å²) in [5.41, 5.74) is 0.144. The minimum atomic E-state index is -0.456. The number of allylic oxidation sites excluding steroid dienone is 2. The second kappa shape index (κ2) is 6.12. The Kier molecular flexibility index (Phi) is 4.75. The smallest absolute Gasteiger partial charge is 0.188 e. The summed E-state index contributed by atoms with van der Waals surface area (Å²) in [7, 11) is 0. The van der Waals surface area contributed by atoms with Crippen molar-refractivity contribution in [1.29, 1.82) is 0 Å². The van der Waals surface area contributed by atoms with Crippen LogP contribution in [0.3, 0.4) is 0 Å². The minimum Gasteiger partial charge on any atom is -0.289 e. The molecule has 0 aliphatic heterocycles. The van der Waals surface area contributed by atoms with E-state index in [2.05, 4.69) is 6.92 Å². The van der Waals surface area contributed by atoms with Gasteiger partial charge in [-0.05, 0) is 24.6 Å². The molecular weight excluding hydrogens is 191 g/mol. The number of ketones is 1. The lowest BCUT2D eigenvalue weighted by Gasteiger charge is -1.96. The summed E-state index contributed by atoms with van der Waals surface area (Å²) in [6.07, 6.45) is 6.28. The molecule has 0 radical (unpaired) electrons. The fourth-order valence-electron chi connectivity index (χ4n) is 1.26. The van der Waals surface area contributed by atoms with Gasteiger partial charge in [-0.25, -0.2) is 4.39 Å². The lowest BCUT2D eigenvalue weighted by Crippen LogP contribution is -1.97. The summed E-state index contributed by atoms with van der Waals surface area (Å²) >= 11 is 0. The Bertz CT molecular complexity index is 355. The number of hydrogen-bond donors (Lipinski definition) is 0. The predicted molar refractivity (Wildman–Crippen MR) is 59.4 cm³/mol. The van der Waals surface area contributed by atoms with Crippen LogP contribution in [0.2, 0.25) is 0 Å². The van der Waals surface area contributed by atoms with E-state index in [-0.39, 0.29) is 11.3 Å². The molecule has 0 aliphatic carbocycles. The van der Waals surface area contributed by atoms with Gasteiger partial charge in [0.25, 0.3) is 0 Å². The first-order valence-electron chi connectivity index (χ1n) is 5.21. The van der Waals surface area contributed by atoms with Gasteiger partial charge in [-0.3, -0.25) is 4.79 Å². The molecule has 2 heteroatoms. The maximum Gasteiger partial charge on any atom is 0.188 e. The Labute approximate surface area is 89.6 Å². The van der Waals surface area contributed by atoms with Gasteiger partial charge in [-0.1, -0.05) is 38.0 Å². The molecule has 0 atom stereocenters. The van der Waals surface area contributed by atoms with Crippen LogP contribution in [0.25, 0.3) is 0 Å². The molecule has 0 bridgehead atoms. The van der Waals surface area contributed by atoms with Crippen molar-refractivity contribution in [3.8, 4) is 0 Å². The first kappa shape index (κ1) is 11.6. The highest BCUT2D eigenvalue weighted by Gasteiger charge is 2.06. The van der Waals surface area contributed by atoms with Crippen LogP contribution < -0.4 is 0 Å². The van der Waals surface area contributed by atoms with Crippen molar-refractivity contribution in [2.24, 2.45) is 0 Å². The Morgan fingerprint density at radius 2 is 2.13 bits per heavy atom. The number of hydrogen-bond acceptors (Lipinski definition) is 1. The fourth-order valence-corrected chi connectivity index (χ4v) is 1.26. The summed E-state index contributed by atoms with van der Waals surface area (Å²) < 4.78 is 13.2. The van der Waals surface area contributed by atoms with E-state index in [1.54, 1.807) is 18.2 Å². The van der Waals surface area contributed by atoms with Crippen molar-refractivity contribution < 1.29 is 9.18 Å². The first-order valence-corrected chi connectivity index (χ1v) is 5.21. The second-order valence-corrected chi connectivity index (χ2v) is 3.39. The molecule has 0 aromatic heterocycles. The van der Waals surface area contributed by atoms with Crippen molar-refractivity contribution in [3.63, 3.8) is 0 Å². The van der Waals surface area contributed by atoms with E-state index in [0.717, 1.165) is 19.3 Å². The monoisotopic (exact) mass is 206 g/mol.